The molecule has 0 bridgehead atoms. The van der Waals surface area contributed by atoms with Gasteiger partial charge in [-0.05, 0) is 62.2 Å². The number of hydrogen-bond acceptors (Lipinski definition) is 8. The second kappa shape index (κ2) is 13.2. The van der Waals surface area contributed by atoms with Crippen LogP contribution in [0.3, 0.4) is 0 Å². The van der Waals surface area contributed by atoms with Gasteiger partial charge in [-0.1, -0.05) is 18.6 Å². The first-order valence-corrected chi connectivity index (χ1v) is 11.3. The van der Waals surface area contributed by atoms with E-state index in [1.165, 1.54) is 44.5 Å². The average Bonchev–Trinajstić information content (AvgIpc) is 2.86. The third kappa shape index (κ3) is 8.20. The molecule has 0 aliphatic carbocycles. The highest BCUT2D eigenvalue weighted by atomic mass is 19.3. The summed E-state index contributed by atoms with van der Waals surface area (Å²) in [5.41, 5.74) is 4.65. The van der Waals surface area contributed by atoms with E-state index in [1.54, 1.807) is 24.5 Å². The standard InChI is InChI=1S/C24H27F2N5O.CO2/c1-17-13-20(9-12-31-10-3-2-4-11-31)27-16-22(17)30-24-28-14-19(15-29-24)18-5-7-21(8-6-18)32-23(25)26;2-1-3/h5-8,13-16,23H,2-4,9-12H2,1H3,(H,28,29,30);. The lowest BCUT2D eigenvalue weighted by molar-refractivity contribution is -0.191. The van der Waals surface area contributed by atoms with Crippen LogP contribution >= 0.6 is 0 Å². The van der Waals surface area contributed by atoms with E-state index in [4.69, 9.17) is 9.59 Å². The fourth-order valence-corrected chi connectivity index (χ4v) is 3.83. The van der Waals surface area contributed by atoms with Crippen molar-refractivity contribution in [2.24, 2.45) is 0 Å². The van der Waals surface area contributed by atoms with Gasteiger partial charge in [0.1, 0.15) is 5.75 Å². The van der Waals surface area contributed by atoms with Gasteiger partial charge in [0.15, 0.2) is 0 Å². The lowest BCUT2D eigenvalue weighted by atomic mass is 10.1. The number of ether oxygens (including phenoxy) is 1. The minimum absolute atomic E-state index is 0.116. The predicted molar refractivity (Wildman–Crippen MR) is 125 cm³/mol. The van der Waals surface area contributed by atoms with Gasteiger partial charge in [-0.2, -0.15) is 18.4 Å². The zero-order valence-corrected chi connectivity index (χ0v) is 19.4. The number of alkyl halides is 2. The molecule has 1 N–H and O–H groups in total. The average molecular weight is 484 g/mol. The van der Waals surface area contributed by atoms with Crippen molar-refractivity contribution in [2.45, 2.75) is 39.2 Å². The molecule has 184 valence electrons. The minimum Gasteiger partial charge on any atom is -0.435 e. The number of pyridine rings is 1. The van der Waals surface area contributed by atoms with Crippen molar-refractivity contribution in [2.75, 3.05) is 25.0 Å². The molecule has 1 fully saturated rings. The van der Waals surface area contributed by atoms with E-state index in [0.717, 1.165) is 41.0 Å². The van der Waals surface area contributed by atoms with Crippen LogP contribution in [0.15, 0.2) is 48.9 Å². The molecule has 4 rings (SSSR count). The van der Waals surface area contributed by atoms with Gasteiger partial charge in [0.05, 0.1) is 11.9 Å². The number of piperidine rings is 1. The monoisotopic (exact) mass is 483 g/mol. The molecule has 3 heterocycles. The number of halogens is 2. The molecule has 1 aliphatic heterocycles. The van der Waals surface area contributed by atoms with E-state index in [2.05, 4.69) is 36.0 Å². The quantitative estimate of drug-likeness (QED) is 0.495. The number of carbonyl (C=O) groups excluding carboxylic acids is 2. The SMILES string of the molecule is Cc1cc(CCN2CCCCC2)ncc1Nc1ncc(-c2ccc(OC(F)F)cc2)cn1.O=C=O. The molecule has 3 aromatic rings. The third-order valence-corrected chi connectivity index (χ3v) is 5.61. The zero-order chi connectivity index (χ0) is 25.0. The third-order valence-electron chi connectivity index (χ3n) is 5.61. The van der Waals surface area contributed by atoms with Crippen LogP contribution in [0.2, 0.25) is 0 Å². The summed E-state index contributed by atoms with van der Waals surface area (Å²) in [5.74, 6) is 0.586. The summed E-state index contributed by atoms with van der Waals surface area (Å²) in [4.78, 5) is 32.1. The normalized spacial score (nSPS) is 13.5. The predicted octanol–water partition coefficient (Wildman–Crippen LogP) is 4.64. The number of rotatable bonds is 8. The van der Waals surface area contributed by atoms with Crippen LogP contribution in [-0.2, 0) is 16.0 Å². The number of nitrogens with zero attached hydrogens (tertiary/aromatic N) is 4. The number of benzene rings is 1. The first-order valence-electron chi connectivity index (χ1n) is 11.3. The number of hydrogen-bond donors (Lipinski definition) is 1. The van der Waals surface area contributed by atoms with Crippen molar-refractivity contribution in [3.05, 3.63) is 60.2 Å². The van der Waals surface area contributed by atoms with Crippen LogP contribution in [0, 0.1) is 6.92 Å². The molecule has 0 amide bonds. The molecule has 10 heteroatoms. The first-order chi connectivity index (χ1) is 17.0. The Morgan fingerprint density at radius 1 is 1.00 bits per heavy atom. The van der Waals surface area contributed by atoms with Gasteiger partial charge in [-0.3, -0.25) is 4.98 Å². The van der Waals surface area contributed by atoms with Crippen molar-refractivity contribution in [3.8, 4) is 16.9 Å². The van der Waals surface area contributed by atoms with Crippen LogP contribution in [0.25, 0.3) is 11.1 Å². The molecule has 0 saturated carbocycles. The Morgan fingerprint density at radius 3 is 2.26 bits per heavy atom. The molecule has 1 aromatic carbocycles. The molecule has 1 aliphatic rings. The van der Waals surface area contributed by atoms with Gasteiger partial charge < -0.3 is 15.0 Å². The lowest BCUT2D eigenvalue weighted by Gasteiger charge is -2.26. The van der Waals surface area contributed by atoms with Crippen molar-refractivity contribution >= 4 is 17.8 Å². The molecular weight excluding hydrogens is 456 g/mol. The van der Waals surface area contributed by atoms with Crippen molar-refractivity contribution < 1.29 is 23.1 Å². The molecule has 2 aromatic heterocycles. The van der Waals surface area contributed by atoms with Gasteiger partial charge in [-0.25, -0.2) is 9.97 Å². The van der Waals surface area contributed by atoms with Gasteiger partial charge in [0, 0.05) is 36.6 Å². The minimum atomic E-state index is -2.84. The molecule has 0 atom stereocenters. The van der Waals surface area contributed by atoms with Crippen LogP contribution in [0.4, 0.5) is 20.4 Å². The second-order valence-corrected chi connectivity index (χ2v) is 8.05. The molecule has 1 saturated heterocycles. The van der Waals surface area contributed by atoms with E-state index >= 15 is 0 Å². The van der Waals surface area contributed by atoms with Crippen LogP contribution in [-0.4, -0.2) is 52.2 Å². The van der Waals surface area contributed by atoms with Crippen LogP contribution in [0.5, 0.6) is 5.75 Å². The first kappa shape index (κ1) is 25.9. The Balaban J connectivity index is 0.00000108. The summed E-state index contributed by atoms with van der Waals surface area (Å²) in [6, 6.07) is 8.50. The zero-order valence-electron chi connectivity index (χ0n) is 19.4. The molecule has 35 heavy (non-hydrogen) atoms. The van der Waals surface area contributed by atoms with Crippen molar-refractivity contribution in [3.63, 3.8) is 0 Å². The second-order valence-electron chi connectivity index (χ2n) is 8.05. The molecule has 0 unspecified atom stereocenters. The molecule has 0 spiro atoms. The van der Waals surface area contributed by atoms with Gasteiger partial charge in [0.2, 0.25) is 5.95 Å². The molecule has 8 nitrogen and oxygen atoms in total. The Morgan fingerprint density at radius 2 is 1.66 bits per heavy atom. The summed E-state index contributed by atoms with van der Waals surface area (Å²) in [6.45, 7) is 2.65. The molecule has 0 radical (unpaired) electrons. The highest BCUT2D eigenvalue weighted by Gasteiger charge is 2.11. The number of nitrogens with one attached hydrogen (secondary N) is 1. The summed E-state index contributed by atoms with van der Waals surface area (Å²) in [7, 11) is 0. The van der Waals surface area contributed by atoms with Crippen molar-refractivity contribution in [1.29, 1.82) is 0 Å². The van der Waals surface area contributed by atoms with E-state index < -0.39 is 6.61 Å². The summed E-state index contributed by atoms with van der Waals surface area (Å²) in [5, 5.41) is 3.22. The largest absolute Gasteiger partial charge is 0.435 e. The maximum Gasteiger partial charge on any atom is 0.387 e. The fourth-order valence-electron chi connectivity index (χ4n) is 3.83. The summed E-state index contributed by atoms with van der Waals surface area (Å²) >= 11 is 0. The maximum absolute atomic E-state index is 12.3. The highest BCUT2D eigenvalue weighted by Crippen LogP contribution is 2.24. The fraction of sp³-hybridized carbons (Fsp3) is 0.360. The summed E-state index contributed by atoms with van der Waals surface area (Å²) < 4.78 is 28.9. The van der Waals surface area contributed by atoms with Crippen molar-refractivity contribution in [1.82, 2.24) is 19.9 Å². The Labute approximate surface area is 202 Å². The summed E-state index contributed by atoms with van der Waals surface area (Å²) in [6.07, 6.45) is 10.4. The number of aryl methyl sites for hydroxylation is 1. The lowest BCUT2D eigenvalue weighted by Crippen LogP contribution is -2.31. The van der Waals surface area contributed by atoms with E-state index in [1.807, 2.05) is 13.1 Å². The van der Waals surface area contributed by atoms with Crippen LogP contribution in [0.1, 0.15) is 30.5 Å². The maximum atomic E-state index is 12.3. The number of anilines is 2. The topological polar surface area (TPSA) is 97.3 Å². The Kier molecular flexibility index (Phi) is 9.77. The van der Waals surface area contributed by atoms with Gasteiger partial charge >= 0.3 is 12.8 Å². The Hall–Kier alpha value is -3.75. The highest BCUT2D eigenvalue weighted by molar-refractivity contribution is 5.64. The van der Waals surface area contributed by atoms with E-state index in [-0.39, 0.29) is 11.9 Å². The smallest absolute Gasteiger partial charge is 0.387 e. The molecular formula is C25H27F2N5O3. The van der Waals surface area contributed by atoms with Crippen LogP contribution < -0.4 is 10.1 Å². The van der Waals surface area contributed by atoms with E-state index in [9.17, 15) is 8.78 Å². The number of aromatic nitrogens is 3. The number of likely N-dealkylation sites (tertiary alicyclic amines) is 1. The van der Waals surface area contributed by atoms with Gasteiger partial charge in [0.25, 0.3) is 0 Å². The van der Waals surface area contributed by atoms with Gasteiger partial charge in [-0.15, -0.1) is 0 Å². The Bertz CT molecular complexity index is 1100. The van der Waals surface area contributed by atoms with E-state index in [0.29, 0.717) is 5.95 Å².